The van der Waals surface area contributed by atoms with Crippen LogP contribution >= 0.6 is 0 Å². The van der Waals surface area contributed by atoms with Crippen LogP contribution in [0.1, 0.15) is 18.5 Å². The minimum absolute atomic E-state index is 0.0657. The third kappa shape index (κ3) is 3.67. The number of urea groups is 1. The molecule has 138 valence electrons. The first kappa shape index (κ1) is 17.9. The van der Waals surface area contributed by atoms with E-state index in [4.69, 9.17) is 16.6 Å². The number of carbonyl (C=O) groups excluding carboxylic acids is 1. The zero-order valence-electron chi connectivity index (χ0n) is 14.8. The molecule has 0 bridgehead atoms. The largest absolute Gasteiger partial charge is 0.394 e. The Hall–Kier alpha value is -2.94. The summed E-state index contributed by atoms with van der Waals surface area (Å²) >= 11 is 0. The van der Waals surface area contributed by atoms with E-state index in [0.29, 0.717) is 35.2 Å². The van der Waals surface area contributed by atoms with E-state index in [-0.39, 0.29) is 6.61 Å². The molecule has 26 heavy (non-hydrogen) atoms. The van der Waals surface area contributed by atoms with Crippen LogP contribution in [0.25, 0.3) is 0 Å². The molecule has 0 saturated carbocycles. The van der Waals surface area contributed by atoms with Crippen molar-refractivity contribution in [3.63, 3.8) is 0 Å². The standard InChI is InChI=1S/C17H23N7O2/c1-11-15(16(18)24(22-11)8-9-25)20-13-5-4-12(23-6-2-3-7-23)10-14(13)21-17(19)26/h4-5,10,25H,2-3,6-9H2,1H3,(H4,18,19,21,22,26)/p+1. The van der Waals surface area contributed by atoms with Crippen molar-refractivity contribution < 1.29 is 14.5 Å². The molecule has 0 spiro atoms. The number of rotatable bonds is 4. The Morgan fingerprint density at radius 2 is 2.15 bits per heavy atom. The molecule has 1 aromatic heterocycles. The molecule has 1 aliphatic heterocycles. The highest BCUT2D eigenvalue weighted by molar-refractivity contribution is 6.21. The molecule has 2 aliphatic rings. The number of hydrogen-bond donors (Lipinski definition) is 4. The van der Waals surface area contributed by atoms with Crippen LogP contribution < -0.4 is 16.8 Å². The second-order valence-corrected chi connectivity index (χ2v) is 6.26. The predicted octanol–water partition coefficient (Wildman–Crippen LogP) is 0.208. The molecule has 2 amide bonds. The lowest BCUT2D eigenvalue weighted by Gasteiger charge is -2.12. The summed E-state index contributed by atoms with van der Waals surface area (Å²) in [4.78, 5) is 16.0. The number of nitrogens with zero attached hydrogens (tertiary/aromatic N) is 4. The molecular formula is C17H24N7O2+. The van der Waals surface area contributed by atoms with Crippen molar-refractivity contribution >= 4 is 29.0 Å². The lowest BCUT2D eigenvalue weighted by Crippen LogP contribution is -2.34. The second kappa shape index (κ2) is 7.52. The number of nitrogens with one attached hydrogen (secondary N) is 1. The van der Waals surface area contributed by atoms with Crippen LogP contribution in [0, 0.1) is 6.92 Å². The number of carbonyl (C=O) groups is 1. The maximum absolute atomic E-state index is 11.4. The van der Waals surface area contributed by atoms with Gasteiger partial charge < -0.3 is 21.9 Å². The molecular weight excluding hydrogens is 334 g/mol. The molecule has 1 fully saturated rings. The molecule has 0 atom stereocenters. The van der Waals surface area contributed by atoms with Crippen LogP contribution in [0.4, 0.5) is 16.3 Å². The second-order valence-electron chi connectivity index (χ2n) is 6.26. The van der Waals surface area contributed by atoms with E-state index in [2.05, 4.69) is 20.0 Å². The van der Waals surface area contributed by atoms with Gasteiger partial charge in [0.2, 0.25) is 5.71 Å². The maximum Gasteiger partial charge on any atom is 0.316 e. The first-order valence-electron chi connectivity index (χ1n) is 8.60. The first-order valence-corrected chi connectivity index (χ1v) is 8.60. The number of nitrogens with two attached hydrogens (primary N) is 2. The van der Waals surface area contributed by atoms with E-state index in [1.807, 2.05) is 18.2 Å². The number of nitrogen functional groups attached to an aromatic ring is 1. The zero-order chi connectivity index (χ0) is 18.7. The summed E-state index contributed by atoms with van der Waals surface area (Å²) in [6, 6.07) is -0.652. The number of primary amides is 1. The van der Waals surface area contributed by atoms with Crippen LogP contribution in [0.2, 0.25) is 0 Å². The number of aliphatic hydroxyl groups is 1. The smallest absolute Gasteiger partial charge is 0.316 e. The Morgan fingerprint density at radius 3 is 2.81 bits per heavy atom. The van der Waals surface area contributed by atoms with E-state index >= 15 is 0 Å². The molecule has 6 N–H and O–H groups in total. The minimum Gasteiger partial charge on any atom is -0.394 e. The van der Waals surface area contributed by atoms with Gasteiger partial charge in [-0.25, -0.2) is 19.0 Å². The fourth-order valence-corrected chi connectivity index (χ4v) is 3.14. The van der Waals surface area contributed by atoms with Gasteiger partial charge in [0.05, 0.1) is 30.3 Å². The summed E-state index contributed by atoms with van der Waals surface area (Å²) < 4.78 is 3.77. The summed E-state index contributed by atoms with van der Waals surface area (Å²) in [5.74, 6) is 0.366. The number of hydrogen-bond acceptors (Lipinski definition) is 5. The Morgan fingerprint density at radius 1 is 1.42 bits per heavy atom. The highest BCUT2D eigenvalue weighted by atomic mass is 16.3. The van der Waals surface area contributed by atoms with Crippen molar-refractivity contribution in [1.82, 2.24) is 15.1 Å². The molecule has 0 radical (unpaired) electrons. The fraction of sp³-hybridized carbons (Fsp3) is 0.412. The van der Waals surface area contributed by atoms with Gasteiger partial charge in [-0.3, -0.25) is 0 Å². The van der Waals surface area contributed by atoms with Crippen molar-refractivity contribution in [1.29, 1.82) is 0 Å². The SMILES string of the molecule is Cc1nn(CCO)c(N)c1/N=C1/C=CC(=[N+]2CCCC2)C=C1NC(N)=O. The summed E-state index contributed by atoms with van der Waals surface area (Å²) in [6.45, 7) is 4.01. The molecule has 0 aromatic carbocycles. The lowest BCUT2D eigenvalue weighted by molar-refractivity contribution is -0.504. The quantitative estimate of drug-likeness (QED) is 0.452. The number of anilines is 1. The number of aliphatic hydroxyl groups excluding tert-OH is 1. The highest BCUT2D eigenvalue weighted by Gasteiger charge is 2.22. The van der Waals surface area contributed by atoms with Gasteiger partial charge in [0.15, 0.2) is 0 Å². The van der Waals surface area contributed by atoms with Crippen molar-refractivity contribution in [2.24, 2.45) is 10.7 Å². The third-order valence-corrected chi connectivity index (χ3v) is 4.39. The van der Waals surface area contributed by atoms with Gasteiger partial charge in [0.25, 0.3) is 0 Å². The molecule has 9 heteroatoms. The number of aromatic nitrogens is 2. The van der Waals surface area contributed by atoms with E-state index in [1.165, 1.54) is 4.68 Å². The monoisotopic (exact) mass is 358 g/mol. The zero-order valence-corrected chi connectivity index (χ0v) is 14.8. The topological polar surface area (TPSA) is 135 Å². The van der Waals surface area contributed by atoms with Gasteiger partial charge in [-0.2, -0.15) is 5.10 Å². The van der Waals surface area contributed by atoms with Gasteiger partial charge in [0, 0.05) is 25.0 Å². The average molecular weight is 358 g/mol. The molecule has 3 rings (SSSR count). The summed E-state index contributed by atoms with van der Waals surface area (Å²) in [5.41, 5.74) is 14.7. The third-order valence-electron chi connectivity index (χ3n) is 4.39. The molecule has 9 nitrogen and oxygen atoms in total. The van der Waals surface area contributed by atoms with E-state index in [0.717, 1.165) is 31.6 Å². The molecule has 1 aromatic rings. The maximum atomic E-state index is 11.4. The van der Waals surface area contributed by atoms with Gasteiger partial charge in [-0.15, -0.1) is 0 Å². The Kier molecular flexibility index (Phi) is 5.17. The molecule has 2 heterocycles. The first-order chi connectivity index (χ1) is 12.5. The Labute approximate surface area is 151 Å². The molecule has 1 saturated heterocycles. The number of allylic oxidation sites excluding steroid dienone is 3. The normalized spacial score (nSPS) is 18.5. The average Bonchev–Trinajstić information content (AvgIpc) is 3.21. The Balaban J connectivity index is 2.00. The predicted molar refractivity (Wildman–Crippen MR) is 99.7 cm³/mol. The van der Waals surface area contributed by atoms with Crippen LogP contribution in [0.5, 0.6) is 0 Å². The highest BCUT2D eigenvalue weighted by Crippen LogP contribution is 2.27. The van der Waals surface area contributed by atoms with E-state index in [1.54, 1.807) is 6.92 Å². The number of aliphatic imine (C=N–C) groups is 1. The van der Waals surface area contributed by atoms with Crippen LogP contribution in [0.3, 0.4) is 0 Å². The van der Waals surface area contributed by atoms with Gasteiger partial charge in [-0.05, 0) is 13.0 Å². The lowest BCUT2D eigenvalue weighted by atomic mass is 10.1. The van der Waals surface area contributed by atoms with Crippen LogP contribution in [0.15, 0.2) is 28.9 Å². The number of amides is 2. The van der Waals surface area contributed by atoms with Gasteiger partial charge >= 0.3 is 6.03 Å². The van der Waals surface area contributed by atoms with Crippen LogP contribution in [-0.2, 0) is 6.54 Å². The number of aryl methyl sites for hydroxylation is 1. The van der Waals surface area contributed by atoms with Crippen molar-refractivity contribution in [2.75, 3.05) is 25.4 Å². The summed E-state index contributed by atoms with van der Waals surface area (Å²) in [5, 5.41) is 16.0. The molecule has 0 unspecified atom stereocenters. The Bertz CT molecular complexity index is 838. The molecule has 1 aliphatic carbocycles. The summed E-state index contributed by atoms with van der Waals surface area (Å²) in [6.07, 6.45) is 7.99. The van der Waals surface area contributed by atoms with Crippen molar-refractivity contribution in [3.8, 4) is 0 Å². The summed E-state index contributed by atoms with van der Waals surface area (Å²) in [7, 11) is 0. The van der Waals surface area contributed by atoms with Crippen LogP contribution in [-0.4, -0.2) is 56.6 Å². The van der Waals surface area contributed by atoms with Gasteiger partial charge in [-0.1, -0.05) is 0 Å². The van der Waals surface area contributed by atoms with Crippen molar-refractivity contribution in [3.05, 3.63) is 29.6 Å². The van der Waals surface area contributed by atoms with Gasteiger partial charge in [0.1, 0.15) is 24.6 Å². The minimum atomic E-state index is -0.652. The van der Waals surface area contributed by atoms with E-state index in [9.17, 15) is 4.79 Å². The van der Waals surface area contributed by atoms with E-state index < -0.39 is 6.03 Å². The fourth-order valence-electron chi connectivity index (χ4n) is 3.14. The van der Waals surface area contributed by atoms with Crippen molar-refractivity contribution in [2.45, 2.75) is 26.3 Å².